The fourth-order valence-corrected chi connectivity index (χ4v) is 0.162. The number of aliphatic hydroxyl groups excluding tert-OH is 2. The Bertz CT molecular complexity index is 41.6. The molecule has 0 radical (unpaired) electrons. The molecule has 0 unspecified atom stereocenters. The maximum absolute atomic E-state index is 7.93. The zero-order valence-electron chi connectivity index (χ0n) is 4.65. The van der Waals surface area contributed by atoms with Gasteiger partial charge in [0.1, 0.15) is 0 Å². The smallest absolute Gasteiger partial charge is 0.214 e. The molecule has 0 aromatic rings. The Labute approximate surface area is 51.4 Å². The topological polar surface area (TPSA) is 77.4 Å². The van der Waals surface area contributed by atoms with E-state index in [1.165, 1.54) is 0 Å². The Balaban J connectivity index is 2.60. The van der Waals surface area contributed by atoms with E-state index in [0.29, 0.717) is 0 Å². The maximum Gasteiger partial charge on any atom is 0.214 e. The summed E-state index contributed by atoms with van der Waals surface area (Å²) in [6.45, 7) is -1.41. The van der Waals surface area contributed by atoms with Crippen LogP contribution in [0, 0.1) is 0 Å². The van der Waals surface area contributed by atoms with E-state index in [4.69, 9.17) is 10.2 Å². The molecule has 0 aliphatic heterocycles. The second-order valence-electron chi connectivity index (χ2n) is 0.847. The largest absolute Gasteiger partial charge is 0.368 e. The highest BCUT2D eigenvalue weighted by atomic mass is 17.3. The second-order valence-corrected chi connectivity index (χ2v) is 0.847. The Morgan fingerprint density at radius 1 is 0.778 bits per heavy atom. The third kappa shape index (κ3) is 7.76. The molecular formula is C3H8O6. The summed E-state index contributed by atoms with van der Waals surface area (Å²) in [5, 5.41) is 15.9. The van der Waals surface area contributed by atoms with Crippen molar-refractivity contribution in [2.24, 2.45) is 0 Å². The van der Waals surface area contributed by atoms with Crippen LogP contribution in [0.3, 0.4) is 0 Å². The molecule has 0 aliphatic carbocycles. The Kier molecular flexibility index (Phi) is 7.55. The van der Waals surface area contributed by atoms with Crippen molar-refractivity contribution in [2.45, 2.75) is 0 Å². The van der Waals surface area contributed by atoms with E-state index in [1.807, 2.05) is 0 Å². The Hall–Kier alpha value is -0.240. The van der Waals surface area contributed by atoms with E-state index in [-0.39, 0.29) is 6.79 Å². The number of hydrogen-bond acceptors (Lipinski definition) is 6. The average molecular weight is 140 g/mol. The summed E-state index contributed by atoms with van der Waals surface area (Å²) in [5.74, 6) is 0. The lowest BCUT2D eigenvalue weighted by Gasteiger charge is -1.99. The highest BCUT2D eigenvalue weighted by Crippen LogP contribution is 1.79. The molecule has 2 N–H and O–H groups in total. The summed E-state index contributed by atoms with van der Waals surface area (Å²) in [7, 11) is 0. The van der Waals surface area contributed by atoms with E-state index in [2.05, 4.69) is 19.6 Å². The quantitative estimate of drug-likeness (QED) is 0.207. The monoisotopic (exact) mass is 140 g/mol. The van der Waals surface area contributed by atoms with Gasteiger partial charge in [-0.15, -0.1) is 0 Å². The van der Waals surface area contributed by atoms with Crippen molar-refractivity contribution in [3.05, 3.63) is 0 Å². The molecule has 0 fully saturated rings. The van der Waals surface area contributed by atoms with Crippen LogP contribution in [0.1, 0.15) is 0 Å². The molecule has 0 rings (SSSR count). The first-order chi connectivity index (χ1) is 4.41. The van der Waals surface area contributed by atoms with Crippen LogP contribution in [0.2, 0.25) is 0 Å². The number of aliphatic hydroxyl groups is 2. The number of hydrogen-bond donors (Lipinski definition) is 2. The molecular weight excluding hydrogens is 132 g/mol. The summed E-state index contributed by atoms with van der Waals surface area (Å²) in [6, 6.07) is 0. The molecule has 0 amide bonds. The predicted molar refractivity (Wildman–Crippen MR) is 23.4 cm³/mol. The van der Waals surface area contributed by atoms with Crippen molar-refractivity contribution in [1.82, 2.24) is 0 Å². The zero-order chi connectivity index (χ0) is 6.95. The van der Waals surface area contributed by atoms with E-state index in [0.717, 1.165) is 0 Å². The molecule has 0 aliphatic rings. The van der Waals surface area contributed by atoms with Gasteiger partial charge in [0.05, 0.1) is 0 Å². The molecule has 0 heterocycles. The molecule has 0 aromatic heterocycles. The molecule has 6 nitrogen and oxygen atoms in total. The van der Waals surface area contributed by atoms with Crippen LogP contribution in [0.4, 0.5) is 0 Å². The van der Waals surface area contributed by atoms with E-state index in [9.17, 15) is 0 Å². The van der Waals surface area contributed by atoms with Crippen LogP contribution in [-0.2, 0) is 19.6 Å². The lowest BCUT2D eigenvalue weighted by Crippen LogP contribution is -2.03. The third-order valence-corrected chi connectivity index (χ3v) is 0.368. The minimum absolute atomic E-state index is 0.304. The highest BCUT2D eigenvalue weighted by Gasteiger charge is 1.85. The summed E-state index contributed by atoms with van der Waals surface area (Å²) in [5.41, 5.74) is 0. The SMILES string of the molecule is OCOOCOOCO. The summed E-state index contributed by atoms with van der Waals surface area (Å²) in [4.78, 5) is 16.1. The summed E-state index contributed by atoms with van der Waals surface area (Å²) >= 11 is 0. The van der Waals surface area contributed by atoms with Gasteiger partial charge in [-0.1, -0.05) is 0 Å². The van der Waals surface area contributed by atoms with Crippen molar-refractivity contribution in [3.63, 3.8) is 0 Å². The maximum atomic E-state index is 7.93. The Morgan fingerprint density at radius 3 is 1.56 bits per heavy atom. The van der Waals surface area contributed by atoms with Crippen molar-refractivity contribution in [3.8, 4) is 0 Å². The van der Waals surface area contributed by atoms with Crippen LogP contribution in [-0.4, -0.2) is 30.6 Å². The van der Waals surface area contributed by atoms with Crippen LogP contribution in [0.15, 0.2) is 0 Å². The summed E-state index contributed by atoms with van der Waals surface area (Å²) < 4.78 is 0. The van der Waals surface area contributed by atoms with Gasteiger partial charge in [-0.05, 0) is 0 Å². The predicted octanol–water partition coefficient (Wildman–Crippen LogP) is -1.26. The van der Waals surface area contributed by atoms with Gasteiger partial charge in [0.15, 0.2) is 13.6 Å². The molecule has 0 atom stereocenters. The minimum atomic E-state index is -0.553. The first-order valence-electron chi connectivity index (χ1n) is 2.12. The first-order valence-corrected chi connectivity index (χ1v) is 2.12. The third-order valence-electron chi connectivity index (χ3n) is 0.368. The van der Waals surface area contributed by atoms with Gasteiger partial charge < -0.3 is 10.2 Å². The molecule has 0 aromatic carbocycles. The van der Waals surface area contributed by atoms with Gasteiger partial charge in [-0.3, -0.25) is 0 Å². The van der Waals surface area contributed by atoms with E-state index >= 15 is 0 Å². The second kappa shape index (κ2) is 7.76. The summed E-state index contributed by atoms with van der Waals surface area (Å²) in [6.07, 6.45) is 0. The van der Waals surface area contributed by atoms with Gasteiger partial charge in [0.2, 0.25) is 6.79 Å². The standard InChI is InChI=1S/C3H8O6/c4-1-6-8-3-9-7-2-5/h4-5H,1-3H2. The fraction of sp³-hybridized carbons (Fsp3) is 1.00. The van der Waals surface area contributed by atoms with Crippen LogP contribution in [0.25, 0.3) is 0 Å². The fourth-order valence-electron chi connectivity index (χ4n) is 0.162. The van der Waals surface area contributed by atoms with Crippen molar-refractivity contribution >= 4 is 0 Å². The minimum Gasteiger partial charge on any atom is -0.368 e. The first kappa shape index (κ1) is 8.76. The van der Waals surface area contributed by atoms with Crippen molar-refractivity contribution < 1.29 is 29.8 Å². The van der Waals surface area contributed by atoms with Gasteiger partial charge in [-0.25, -0.2) is 19.6 Å². The lowest BCUT2D eigenvalue weighted by atomic mass is 11.5. The molecule has 0 spiro atoms. The molecule has 6 heteroatoms. The van der Waals surface area contributed by atoms with E-state index < -0.39 is 13.6 Å². The highest BCUT2D eigenvalue weighted by molar-refractivity contribution is 3.80. The van der Waals surface area contributed by atoms with Gasteiger partial charge in [0.25, 0.3) is 0 Å². The van der Waals surface area contributed by atoms with Gasteiger partial charge in [0, 0.05) is 0 Å². The Morgan fingerprint density at radius 2 is 1.22 bits per heavy atom. The van der Waals surface area contributed by atoms with Crippen LogP contribution < -0.4 is 0 Å². The molecule has 0 bridgehead atoms. The van der Waals surface area contributed by atoms with Crippen LogP contribution in [0.5, 0.6) is 0 Å². The lowest BCUT2D eigenvalue weighted by molar-refractivity contribution is -0.441. The zero-order valence-corrected chi connectivity index (χ0v) is 4.65. The average Bonchev–Trinajstić information content (AvgIpc) is 1.89. The van der Waals surface area contributed by atoms with Crippen molar-refractivity contribution in [2.75, 3.05) is 20.4 Å². The van der Waals surface area contributed by atoms with Gasteiger partial charge >= 0.3 is 0 Å². The molecule has 56 valence electrons. The number of rotatable bonds is 6. The molecule has 0 saturated carbocycles. The molecule has 9 heavy (non-hydrogen) atoms. The van der Waals surface area contributed by atoms with Crippen LogP contribution >= 0.6 is 0 Å². The molecule has 0 saturated heterocycles. The van der Waals surface area contributed by atoms with Crippen molar-refractivity contribution in [1.29, 1.82) is 0 Å². The van der Waals surface area contributed by atoms with Gasteiger partial charge in [-0.2, -0.15) is 0 Å². The van der Waals surface area contributed by atoms with E-state index in [1.54, 1.807) is 0 Å². The normalized spacial score (nSPS) is 10.0.